The third-order valence-corrected chi connectivity index (χ3v) is 4.12. The second-order valence-corrected chi connectivity index (χ2v) is 6.44. The number of nitrogens with one attached hydrogen (secondary N) is 1. The van der Waals surface area contributed by atoms with Crippen molar-refractivity contribution in [3.8, 4) is 11.8 Å². The predicted molar refractivity (Wildman–Crippen MR) is 113 cm³/mol. The Balaban J connectivity index is 1.66. The van der Waals surface area contributed by atoms with Crippen LogP contribution in [0.25, 0.3) is 17.0 Å². The maximum absolute atomic E-state index is 12.1. The Bertz CT molecular complexity index is 1240. The summed E-state index contributed by atoms with van der Waals surface area (Å²) in [5.74, 6) is -0.276. The van der Waals surface area contributed by atoms with Crippen molar-refractivity contribution in [1.29, 1.82) is 5.26 Å². The number of hydrogen-bond donors (Lipinski definition) is 1. The summed E-state index contributed by atoms with van der Waals surface area (Å²) in [4.78, 5) is 35.1. The van der Waals surface area contributed by atoms with Crippen molar-refractivity contribution in [1.82, 2.24) is 0 Å². The molecule has 156 valence electrons. The zero-order valence-electron chi connectivity index (χ0n) is 16.6. The van der Waals surface area contributed by atoms with Gasteiger partial charge in [-0.25, -0.2) is 9.59 Å². The van der Waals surface area contributed by atoms with Gasteiger partial charge in [-0.1, -0.05) is 12.1 Å². The minimum atomic E-state index is -0.590. The van der Waals surface area contributed by atoms with Crippen LogP contribution in [0.15, 0.2) is 63.8 Å². The van der Waals surface area contributed by atoms with Gasteiger partial charge in [0.2, 0.25) is 5.91 Å². The largest absolute Gasteiger partial charge is 0.479 e. The molecular weight excluding hydrogens is 400 g/mol. The number of carbonyl (C=O) groups excluding carboxylic acids is 2. The normalized spacial score (nSPS) is 10.6. The summed E-state index contributed by atoms with van der Waals surface area (Å²) in [6.07, 6.45) is 2.85. The van der Waals surface area contributed by atoms with Crippen LogP contribution in [0.3, 0.4) is 0 Å². The van der Waals surface area contributed by atoms with E-state index in [4.69, 9.17) is 19.2 Å². The van der Waals surface area contributed by atoms with E-state index in [-0.39, 0.29) is 24.7 Å². The van der Waals surface area contributed by atoms with Gasteiger partial charge in [0.05, 0.1) is 0 Å². The molecule has 0 bridgehead atoms. The van der Waals surface area contributed by atoms with E-state index < -0.39 is 11.6 Å². The zero-order chi connectivity index (χ0) is 22.2. The number of esters is 1. The van der Waals surface area contributed by atoms with Gasteiger partial charge in [0.1, 0.15) is 24.0 Å². The number of benzene rings is 2. The van der Waals surface area contributed by atoms with Gasteiger partial charge in [-0.3, -0.25) is 4.79 Å². The molecular formula is C23H18N2O6. The highest BCUT2D eigenvalue weighted by Gasteiger charge is 2.09. The first-order valence-corrected chi connectivity index (χ1v) is 9.23. The Morgan fingerprint density at radius 1 is 1.16 bits per heavy atom. The summed E-state index contributed by atoms with van der Waals surface area (Å²) < 4.78 is 15.6. The molecule has 3 aromatic rings. The number of rotatable bonds is 7. The second-order valence-electron chi connectivity index (χ2n) is 6.44. The Morgan fingerprint density at radius 2 is 1.94 bits per heavy atom. The van der Waals surface area contributed by atoms with E-state index >= 15 is 0 Å². The van der Waals surface area contributed by atoms with Gasteiger partial charge in [0.15, 0.2) is 6.61 Å². The van der Waals surface area contributed by atoms with Crippen molar-refractivity contribution in [2.45, 2.75) is 13.5 Å². The Morgan fingerprint density at radius 3 is 2.65 bits per heavy atom. The summed E-state index contributed by atoms with van der Waals surface area (Å²) in [5, 5.41) is 11.7. The number of carbonyl (C=O) groups is 2. The van der Waals surface area contributed by atoms with E-state index in [2.05, 4.69) is 5.32 Å². The van der Waals surface area contributed by atoms with Crippen molar-refractivity contribution in [3.63, 3.8) is 0 Å². The molecule has 8 nitrogen and oxygen atoms in total. The van der Waals surface area contributed by atoms with Crippen molar-refractivity contribution in [2.75, 3.05) is 11.9 Å². The zero-order valence-corrected chi connectivity index (χ0v) is 16.6. The number of ether oxygens (including phenoxy) is 2. The van der Waals surface area contributed by atoms with Crippen LogP contribution in [0, 0.1) is 11.3 Å². The van der Waals surface area contributed by atoms with E-state index in [1.165, 1.54) is 25.1 Å². The molecule has 0 unspecified atom stereocenters. The van der Waals surface area contributed by atoms with Crippen LogP contribution >= 0.6 is 0 Å². The molecule has 1 N–H and O–H groups in total. The van der Waals surface area contributed by atoms with Crippen LogP contribution in [0.2, 0.25) is 0 Å². The Hall–Kier alpha value is -4.38. The molecule has 0 saturated carbocycles. The van der Waals surface area contributed by atoms with Crippen LogP contribution in [-0.2, 0) is 20.9 Å². The molecule has 8 heteroatoms. The Labute approximate surface area is 177 Å². The van der Waals surface area contributed by atoms with Crippen molar-refractivity contribution in [2.24, 2.45) is 0 Å². The monoisotopic (exact) mass is 418 g/mol. The lowest BCUT2D eigenvalue weighted by Crippen LogP contribution is -2.07. The van der Waals surface area contributed by atoms with E-state index in [9.17, 15) is 14.4 Å². The molecule has 0 atom stereocenters. The maximum atomic E-state index is 12.1. The van der Waals surface area contributed by atoms with Crippen LogP contribution in [0.5, 0.6) is 5.75 Å². The highest BCUT2D eigenvalue weighted by atomic mass is 16.5. The average Bonchev–Trinajstić information content (AvgIpc) is 2.74. The lowest BCUT2D eigenvalue weighted by molar-refractivity contribution is -0.138. The molecule has 0 saturated heterocycles. The molecule has 2 aromatic carbocycles. The average molecular weight is 418 g/mol. The van der Waals surface area contributed by atoms with Gasteiger partial charge in [0.25, 0.3) is 0 Å². The maximum Gasteiger partial charge on any atom is 0.336 e. The molecule has 0 radical (unpaired) electrons. The second kappa shape index (κ2) is 9.89. The van der Waals surface area contributed by atoms with Crippen molar-refractivity contribution in [3.05, 3.63) is 76.2 Å². The number of anilines is 1. The molecule has 31 heavy (non-hydrogen) atoms. The number of nitriles is 1. The first-order chi connectivity index (χ1) is 14.9. The highest BCUT2D eigenvalue weighted by Crippen LogP contribution is 2.22. The first-order valence-electron chi connectivity index (χ1n) is 9.23. The molecule has 3 rings (SSSR count). The summed E-state index contributed by atoms with van der Waals surface area (Å²) in [5.41, 5.74) is 1.41. The topological polar surface area (TPSA) is 119 Å². The molecule has 0 spiro atoms. The van der Waals surface area contributed by atoms with Crippen LogP contribution in [-0.4, -0.2) is 18.5 Å². The van der Waals surface area contributed by atoms with Gasteiger partial charge in [-0.15, -0.1) is 0 Å². The smallest absolute Gasteiger partial charge is 0.336 e. The molecule has 0 aliphatic heterocycles. The van der Waals surface area contributed by atoms with E-state index in [1.54, 1.807) is 42.5 Å². The third kappa shape index (κ3) is 6.05. The van der Waals surface area contributed by atoms with Gasteiger partial charge in [-0.05, 0) is 35.9 Å². The van der Waals surface area contributed by atoms with E-state index in [0.717, 1.165) is 5.56 Å². The first kappa shape index (κ1) is 21.3. The fourth-order valence-corrected chi connectivity index (χ4v) is 2.78. The van der Waals surface area contributed by atoms with Crippen LogP contribution < -0.4 is 15.7 Å². The fourth-order valence-electron chi connectivity index (χ4n) is 2.78. The number of nitrogens with zero attached hydrogens (tertiary/aromatic N) is 1. The fraction of sp³-hybridized carbons (Fsp3) is 0.130. The summed E-state index contributed by atoms with van der Waals surface area (Å²) in [6, 6.07) is 14.9. The number of amides is 1. The minimum absolute atomic E-state index is 0.0391. The summed E-state index contributed by atoms with van der Waals surface area (Å²) in [7, 11) is 0. The predicted octanol–water partition coefficient (Wildman–Crippen LogP) is 3.41. The van der Waals surface area contributed by atoms with Crippen molar-refractivity contribution >= 4 is 34.6 Å². The lowest BCUT2D eigenvalue weighted by Gasteiger charge is -2.08. The molecule has 1 heterocycles. The van der Waals surface area contributed by atoms with E-state index in [0.29, 0.717) is 22.4 Å². The SMILES string of the molecule is CC(=O)Nc1ccc2c(COC(=O)/C=C/c3ccc(OCC#N)cc3)cc(=O)oc2c1. The van der Waals surface area contributed by atoms with Gasteiger partial charge in [0, 0.05) is 41.8 Å². The molecule has 0 aliphatic carbocycles. The van der Waals surface area contributed by atoms with Crippen LogP contribution in [0.4, 0.5) is 5.69 Å². The molecule has 1 aromatic heterocycles. The quantitative estimate of drug-likeness (QED) is 0.355. The van der Waals surface area contributed by atoms with Gasteiger partial charge in [-0.2, -0.15) is 5.26 Å². The molecule has 0 aliphatic rings. The Kier molecular flexibility index (Phi) is 6.81. The van der Waals surface area contributed by atoms with Crippen molar-refractivity contribution < 1.29 is 23.5 Å². The van der Waals surface area contributed by atoms with Gasteiger partial charge >= 0.3 is 11.6 Å². The molecule has 0 fully saturated rings. The molecule has 1 amide bonds. The summed E-state index contributed by atoms with van der Waals surface area (Å²) in [6.45, 7) is 1.22. The highest BCUT2D eigenvalue weighted by molar-refractivity contribution is 5.92. The lowest BCUT2D eigenvalue weighted by atomic mass is 10.1. The third-order valence-electron chi connectivity index (χ3n) is 4.12. The summed E-state index contributed by atoms with van der Waals surface area (Å²) >= 11 is 0. The number of hydrogen-bond acceptors (Lipinski definition) is 7. The van der Waals surface area contributed by atoms with Crippen LogP contribution in [0.1, 0.15) is 18.1 Å². The number of fused-ring (bicyclic) bond motifs is 1. The van der Waals surface area contributed by atoms with Gasteiger partial charge < -0.3 is 19.2 Å². The van der Waals surface area contributed by atoms with E-state index in [1.807, 2.05) is 6.07 Å². The minimum Gasteiger partial charge on any atom is -0.479 e. The standard InChI is InChI=1S/C23H18N2O6/c1-15(26)25-18-5-8-20-17(12-23(28)31-21(20)13-18)14-30-22(27)9-4-16-2-6-19(7-3-16)29-11-10-24/h2-9,12-13H,11,14H2,1H3,(H,25,26)/b9-4+.